The highest BCUT2D eigenvalue weighted by atomic mass is 19.1. The van der Waals surface area contributed by atoms with E-state index in [4.69, 9.17) is 4.74 Å². The van der Waals surface area contributed by atoms with Crippen molar-refractivity contribution in [1.29, 1.82) is 0 Å². The fraction of sp³-hybridized carbons (Fsp3) is 0.286. The second-order valence-electron chi connectivity index (χ2n) is 4.45. The van der Waals surface area contributed by atoms with Crippen molar-refractivity contribution in [3.8, 4) is 0 Å². The Morgan fingerprint density at radius 3 is 2.55 bits per heavy atom. The zero-order valence-corrected chi connectivity index (χ0v) is 11.6. The Balaban J connectivity index is 2.31. The van der Waals surface area contributed by atoms with E-state index in [0.717, 1.165) is 11.3 Å². The van der Waals surface area contributed by atoms with Gasteiger partial charge >= 0.3 is 5.97 Å². The van der Waals surface area contributed by atoms with Gasteiger partial charge in [0.15, 0.2) is 6.04 Å². The molecule has 0 fully saturated rings. The molecule has 1 aromatic carbocycles. The zero-order chi connectivity index (χ0) is 14.7. The number of anilines is 1. The maximum atomic E-state index is 12.9. The van der Waals surface area contributed by atoms with Crippen molar-refractivity contribution >= 4 is 11.7 Å². The molecule has 2 aromatic rings. The summed E-state index contributed by atoms with van der Waals surface area (Å²) in [4.78, 5) is 11.9. The minimum absolute atomic E-state index is 0.331. The van der Waals surface area contributed by atoms with Crippen molar-refractivity contribution in [2.75, 3.05) is 12.4 Å². The molecule has 0 amide bonds. The number of carbonyl (C=O) groups is 1. The molecule has 0 bridgehead atoms. The van der Waals surface area contributed by atoms with Crippen LogP contribution in [0.15, 0.2) is 30.5 Å². The monoisotopic (exact) mass is 277 g/mol. The molecular weight excluding hydrogens is 261 g/mol. The van der Waals surface area contributed by atoms with Gasteiger partial charge in [0.1, 0.15) is 5.82 Å². The van der Waals surface area contributed by atoms with Crippen LogP contribution in [0.2, 0.25) is 0 Å². The number of nitrogens with one attached hydrogen (secondary N) is 1. The predicted molar refractivity (Wildman–Crippen MR) is 72.7 cm³/mol. The highest BCUT2D eigenvalue weighted by Gasteiger charge is 2.25. The second-order valence-corrected chi connectivity index (χ2v) is 4.45. The van der Waals surface area contributed by atoms with Crippen LogP contribution in [0.1, 0.15) is 17.3 Å². The average molecular weight is 277 g/mol. The third-order valence-electron chi connectivity index (χ3n) is 2.95. The van der Waals surface area contributed by atoms with Crippen LogP contribution in [0.3, 0.4) is 0 Å². The topological polar surface area (TPSA) is 56.1 Å². The molecule has 0 spiro atoms. The van der Waals surface area contributed by atoms with Crippen molar-refractivity contribution in [1.82, 2.24) is 9.78 Å². The van der Waals surface area contributed by atoms with E-state index < -0.39 is 12.0 Å². The van der Waals surface area contributed by atoms with E-state index in [9.17, 15) is 9.18 Å². The molecule has 1 heterocycles. The van der Waals surface area contributed by atoms with Crippen molar-refractivity contribution in [3.63, 3.8) is 0 Å². The maximum absolute atomic E-state index is 12.9. The lowest BCUT2D eigenvalue weighted by atomic mass is 10.1. The largest absolute Gasteiger partial charge is 0.467 e. The standard InChI is InChI=1S/C14H16FN3O2/c1-9-12(8-18(2)17-9)13(14(19)20-3)16-11-6-4-10(15)5-7-11/h4-8,13,16H,1-3H3. The van der Waals surface area contributed by atoms with Gasteiger partial charge in [0.05, 0.1) is 12.8 Å². The number of nitrogens with zero attached hydrogens (tertiary/aromatic N) is 2. The van der Waals surface area contributed by atoms with E-state index in [-0.39, 0.29) is 5.82 Å². The van der Waals surface area contributed by atoms with E-state index in [2.05, 4.69) is 10.4 Å². The van der Waals surface area contributed by atoms with Gasteiger partial charge in [-0.1, -0.05) is 0 Å². The molecule has 6 heteroatoms. The van der Waals surface area contributed by atoms with E-state index in [0.29, 0.717) is 5.69 Å². The van der Waals surface area contributed by atoms with Crippen LogP contribution >= 0.6 is 0 Å². The number of esters is 1. The van der Waals surface area contributed by atoms with Gasteiger partial charge in [0.2, 0.25) is 0 Å². The summed E-state index contributed by atoms with van der Waals surface area (Å²) in [6.45, 7) is 1.82. The molecule has 0 aliphatic rings. The Morgan fingerprint density at radius 1 is 1.40 bits per heavy atom. The molecule has 0 saturated heterocycles. The molecule has 0 aliphatic heterocycles. The smallest absolute Gasteiger partial charge is 0.333 e. The molecule has 20 heavy (non-hydrogen) atoms. The van der Waals surface area contributed by atoms with Gasteiger partial charge < -0.3 is 10.1 Å². The van der Waals surface area contributed by atoms with E-state index in [1.54, 1.807) is 30.1 Å². The third-order valence-corrected chi connectivity index (χ3v) is 2.95. The first kappa shape index (κ1) is 14.0. The number of benzene rings is 1. The number of ether oxygens (including phenoxy) is 1. The summed E-state index contributed by atoms with van der Waals surface area (Å²) in [6, 6.07) is 5.10. The van der Waals surface area contributed by atoms with Gasteiger partial charge in [0, 0.05) is 24.5 Å². The number of carbonyl (C=O) groups excluding carboxylic acids is 1. The molecule has 1 N–H and O–H groups in total. The Bertz CT molecular complexity index is 607. The van der Waals surface area contributed by atoms with Crippen molar-refractivity contribution in [2.45, 2.75) is 13.0 Å². The number of methoxy groups -OCH3 is 1. The first-order valence-electron chi connectivity index (χ1n) is 6.11. The molecule has 1 unspecified atom stereocenters. The van der Waals surface area contributed by atoms with E-state index in [1.807, 2.05) is 6.92 Å². The second kappa shape index (κ2) is 5.73. The van der Waals surface area contributed by atoms with E-state index in [1.165, 1.54) is 19.2 Å². The number of halogens is 1. The fourth-order valence-electron chi connectivity index (χ4n) is 2.00. The van der Waals surface area contributed by atoms with E-state index >= 15 is 0 Å². The normalized spacial score (nSPS) is 12.0. The summed E-state index contributed by atoms with van der Waals surface area (Å²) >= 11 is 0. The molecular formula is C14H16FN3O2. The molecule has 0 saturated carbocycles. The molecule has 1 aromatic heterocycles. The van der Waals surface area contributed by atoms with Crippen LogP contribution in [-0.4, -0.2) is 22.9 Å². The van der Waals surface area contributed by atoms with Gasteiger partial charge in [-0.05, 0) is 31.2 Å². The van der Waals surface area contributed by atoms with Crippen LogP contribution in [-0.2, 0) is 16.6 Å². The van der Waals surface area contributed by atoms with Gasteiger partial charge in [-0.2, -0.15) is 5.10 Å². The molecule has 0 radical (unpaired) electrons. The molecule has 2 rings (SSSR count). The van der Waals surface area contributed by atoms with Gasteiger partial charge in [-0.3, -0.25) is 4.68 Å². The van der Waals surface area contributed by atoms with Crippen LogP contribution in [0.4, 0.5) is 10.1 Å². The lowest BCUT2D eigenvalue weighted by Crippen LogP contribution is -2.22. The minimum atomic E-state index is -0.681. The Morgan fingerprint density at radius 2 is 2.05 bits per heavy atom. The summed E-state index contributed by atoms with van der Waals surface area (Å²) in [5.41, 5.74) is 2.09. The van der Waals surface area contributed by atoms with Crippen molar-refractivity contribution in [3.05, 3.63) is 47.5 Å². The maximum Gasteiger partial charge on any atom is 0.333 e. The Hall–Kier alpha value is -2.37. The summed E-state index contributed by atoms with van der Waals surface area (Å²) in [6.07, 6.45) is 1.76. The lowest BCUT2D eigenvalue weighted by Gasteiger charge is -2.17. The quantitative estimate of drug-likeness (QED) is 0.870. The van der Waals surface area contributed by atoms with Crippen LogP contribution in [0.5, 0.6) is 0 Å². The molecule has 0 aliphatic carbocycles. The summed E-state index contributed by atoms with van der Waals surface area (Å²) in [7, 11) is 3.11. The highest BCUT2D eigenvalue weighted by Crippen LogP contribution is 2.23. The first-order valence-corrected chi connectivity index (χ1v) is 6.11. The fourth-order valence-corrected chi connectivity index (χ4v) is 2.00. The first-order chi connectivity index (χ1) is 9.51. The molecule has 1 atom stereocenters. The van der Waals surface area contributed by atoms with Crippen LogP contribution in [0, 0.1) is 12.7 Å². The average Bonchev–Trinajstić information content (AvgIpc) is 2.76. The zero-order valence-electron chi connectivity index (χ0n) is 11.6. The van der Waals surface area contributed by atoms with Crippen LogP contribution in [0.25, 0.3) is 0 Å². The summed E-state index contributed by atoms with van der Waals surface area (Å²) in [5.74, 6) is -0.756. The summed E-state index contributed by atoms with van der Waals surface area (Å²) < 4.78 is 19.4. The lowest BCUT2D eigenvalue weighted by molar-refractivity contribution is -0.141. The van der Waals surface area contributed by atoms with Crippen LogP contribution < -0.4 is 5.32 Å². The van der Waals surface area contributed by atoms with Crippen molar-refractivity contribution < 1.29 is 13.9 Å². The number of aromatic nitrogens is 2. The molecule has 106 valence electrons. The highest BCUT2D eigenvalue weighted by molar-refractivity contribution is 5.81. The number of rotatable bonds is 4. The SMILES string of the molecule is COC(=O)C(Nc1ccc(F)cc1)c1cn(C)nc1C. The Labute approximate surface area is 116 Å². The van der Waals surface area contributed by atoms with Gasteiger partial charge in [0.25, 0.3) is 0 Å². The predicted octanol–water partition coefficient (Wildman–Crippen LogP) is 2.19. The molecule has 5 nitrogen and oxygen atoms in total. The number of aryl methyl sites for hydroxylation is 2. The minimum Gasteiger partial charge on any atom is -0.467 e. The Kier molecular flexibility index (Phi) is 4.02. The third kappa shape index (κ3) is 2.96. The van der Waals surface area contributed by atoms with Gasteiger partial charge in [-0.15, -0.1) is 0 Å². The van der Waals surface area contributed by atoms with Crippen molar-refractivity contribution in [2.24, 2.45) is 7.05 Å². The van der Waals surface area contributed by atoms with Gasteiger partial charge in [-0.25, -0.2) is 9.18 Å². The summed E-state index contributed by atoms with van der Waals surface area (Å²) in [5, 5.41) is 7.25. The number of hydrogen-bond donors (Lipinski definition) is 1. The number of hydrogen-bond acceptors (Lipinski definition) is 4.